The van der Waals surface area contributed by atoms with Gasteiger partial charge in [-0.15, -0.1) is 0 Å². The molecule has 1 fully saturated rings. The molecule has 0 aromatic carbocycles. The van der Waals surface area contributed by atoms with Crippen LogP contribution in [0.1, 0.15) is 32.6 Å². The van der Waals surface area contributed by atoms with Crippen LogP contribution in [0, 0.1) is 0 Å². The molecular weight excluding hydrogens is 372 g/mol. The minimum absolute atomic E-state index is 0.0133. The molecule has 1 saturated heterocycles. The van der Waals surface area contributed by atoms with Crippen molar-refractivity contribution in [3.05, 3.63) is 0 Å². The molecule has 1 aliphatic rings. The summed E-state index contributed by atoms with van der Waals surface area (Å²) in [5, 5.41) is 27.9. The zero-order valence-corrected chi connectivity index (χ0v) is 16.1. The summed E-state index contributed by atoms with van der Waals surface area (Å²) < 4.78 is 0. The fourth-order valence-corrected chi connectivity index (χ4v) is 2.49. The first kappa shape index (κ1) is 25.7. The van der Waals surface area contributed by atoms with Crippen molar-refractivity contribution in [2.75, 3.05) is 26.3 Å². The molecule has 0 saturated carbocycles. The van der Waals surface area contributed by atoms with E-state index in [0.717, 1.165) is 6.92 Å². The molecule has 28 heavy (non-hydrogen) atoms. The Morgan fingerprint density at radius 1 is 1.11 bits per heavy atom. The second-order valence-corrected chi connectivity index (χ2v) is 6.29. The first-order chi connectivity index (χ1) is 13.2. The molecule has 0 aromatic rings. The van der Waals surface area contributed by atoms with Gasteiger partial charge in [-0.2, -0.15) is 0 Å². The first-order valence-corrected chi connectivity index (χ1v) is 9.07. The summed E-state index contributed by atoms with van der Waals surface area (Å²) in [4.78, 5) is 44.3. The fraction of sp³-hybridized carbons (Fsp3) is 0.750. The molecule has 1 heterocycles. The molecule has 3 unspecified atom stereocenters. The number of carboxylic acid groups (broad SMARTS) is 2. The van der Waals surface area contributed by atoms with E-state index in [2.05, 4.69) is 21.3 Å². The lowest BCUT2D eigenvalue weighted by atomic mass is 10.0. The number of aliphatic carboxylic acids is 2. The minimum atomic E-state index is -1.11. The van der Waals surface area contributed by atoms with E-state index in [4.69, 9.17) is 21.4 Å². The largest absolute Gasteiger partial charge is 0.481 e. The second kappa shape index (κ2) is 14.7. The van der Waals surface area contributed by atoms with Crippen molar-refractivity contribution in [3.63, 3.8) is 0 Å². The van der Waals surface area contributed by atoms with E-state index in [1.165, 1.54) is 0 Å². The molecule has 10 N–H and O–H groups in total. The van der Waals surface area contributed by atoms with Crippen LogP contribution in [0.5, 0.6) is 0 Å². The standard InChI is InChI=1S/C14H28N6O4.C2H4O2/c15-4-2-1-3-10(14(23)24)20-13(22)11(19-12(21)6-16)5-9-7-17-8-18-9;1-2(3)4/h9-11,17-18H,1-8,15-16H2,(H,19,21)(H,20,22)(H,23,24);1H3,(H,3,4). The van der Waals surface area contributed by atoms with Crippen molar-refractivity contribution in [2.45, 2.75) is 50.7 Å². The molecular formula is C16H32N6O6. The van der Waals surface area contributed by atoms with E-state index < -0.39 is 35.8 Å². The number of nitrogens with two attached hydrogens (primary N) is 2. The van der Waals surface area contributed by atoms with E-state index in [9.17, 15) is 19.5 Å². The van der Waals surface area contributed by atoms with Crippen molar-refractivity contribution in [2.24, 2.45) is 11.5 Å². The van der Waals surface area contributed by atoms with Crippen molar-refractivity contribution in [3.8, 4) is 0 Å². The first-order valence-electron chi connectivity index (χ1n) is 9.07. The maximum Gasteiger partial charge on any atom is 0.326 e. The van der Waals surface area contributed by atoms with Gasteiger partial charge in [-0.3, -0.25) is 14.4 Å². The van der Waals surface area contributed by atoms with Crippen LogP contribution in [-0.2, 0) is 19.2 Å². The molecule has 3 atom stereocenters. The lowest BCUT2D eigenvalue weighted by Gasteiger charge is -2.23. The van der Waals surface area contributed by atoms with Gasteiger partial charge in [0.2, 0.25) is 11.8 Å². The Kier molecular flexibility index (Phi) is 13.5. The summed E-state index contributed by atoms with van der Waals surface area (Å²) in [6.07, 6.45) is 1.92. The Morgan fingerprint density at radius 2 is 1.75 bits per heavy atom. The summed E-state index contributed by atoms with van der Waals surface area (Å²) in [6, 6.07) is -1.83. The van der Waals surface area contributed by atoms with Gasteiger partial charge in [0.25, 0.3) is 5.97 Å². The third-order valence-corrected chi connectivity index (χ3v) is 3.83. The average Bonchev–Trinajstić information content (AvgIpc) is 3.12. The van der Waals surface area contributed by atoms with Crippen LogP contribution in [0.2, 0.25) is 0 Å². The Bertz CT molecular complexity index is 508. The number of hydrogen-bond donors (Lipinski definition) is 8. The van der Waals surface area contributed by atoms with Crippen LogP contribution in [0.25, 0.3) is 0 Å². The molecule has 0 bridgehead atoms. The lowest BCUT2D eigenvalue weighted by Crippen LogP contribution is -2.54. The third kappa shape index (κ3) is 12.2. The Labute approximate surface area is 163 Å². The van der Waals surface area contributed by atoms with Gasteiger partial charge in [0.1, 0.15) is 12.1 Å². The van der Waals surface area contributed by atoms with E-state index in [0.29, 0.717) is 45.4 Å². The van der Waals surface area contributed by atoms with Gasteiger partial charge in [-0.1, -0.05) is 0 Å². The number of carbonyl (C=O) groups is 4. The summed E-state index contributed by atoms with van der Waals surface area (Å²) in [5.41, 5.74) is 10.7. The molecule has 1 rings (SSSR count). The molecule has 0 spiro atoms. The molecule has 0 radical (unpaired) electrons. The molecule has 1 aliphatic heterocycles. The van der Waals surface area contributed by atoms with E-state index in [1.807, 2.05) is 0 Å². The molecule has 12 nitrogen and oxygen atoms in total. The summed E-state index contributed by atoms with van der Waals surface area (Å²) in [7, 11) is 0. The molecule has 12 heteroatoms. The highest BCUT2D eigenvalue weighted by Crippen LogP contribution is 2.05. The average molecular weight is 404 g/mol. The third-order valence-electron chi connectivity index (χ3n) is 3.83. The normalized spacial score (nSPS) is 17.6. The van der Waals surface area contributed by atoms with Crippen molar-refractivity contribution < 1.29 is 29.4 Å². The fourth-order valence-electron chi connectivity index (χ4n) is 2.49. The van der Waals surface area contributed by atoms with Crippen LogP contribution >= 0.6 is 0 Å². The van der Waals surface area contributed by atoms with Gasteiger partial charge in [0.15, 0.2) is 0 Å². The van der Waals surface area contributed by atoms with Crippen LogP contribution in [0.15, 0.2) is 0 Å². The highest BCUT2D eigenvalue weighted by atomic mass is 16.4. The van der Waals surface area contributed by atoms with Gasteiger partial charge in [-0.05, 0) is 32.2 Å². The number of carbonyl (C=O) groups excluding carboxylic acids is 2. The van der Waals surface area contributed by atoms with E-state index in [1.54, 1.807) is 0 Å². The highest BCUT2D eigenvalue weighted by Gasteiger charge is 2.29. The zero-order chi connectivity index (χ0) is 21.5. The van der Waals surface area contributed by atoms with Gasteiger partial charge in [-0.25, -0.2) is 4.79 Å². The summed E-state index contributed by atoms with van der Waals surface area (Å²) in [6.45, 7) is 2.61. The maximum absolute atomic E-state index is 12.4. The lowest BCUT2D eigenvalue weighted by molar-refractivity contribution is -0.142. The van der Waals surface area contributed by atoms with Gasteiger partial charge >= 0.3 is 5.97 Å². The van der Waals surface area contributed by atoms with E-state index in [-0.39, 0.29) is 12.6 Å². The number of rotatable bonds is 11. The predicted molar refractivity (Wildman–Crippen MR) is 101 cm³/mol. The quantitative estimate of drug-likeness (QED) is 0.165. The maximum atomic E-state index is 12.4. The topological polar surface area (TPSA) is 209 Å². The summed E-state index contributed by atoms with van der Waals surface area (Å²) >= 11 is 0. The number of carboxylic acids is 2. The van der Waals surface area contributed by atoms with Crippen LogP contribution in [-0.4, -0.2) is 78.4 Å². The number of amides is 2. The monoisotopic (exact) mass is 404 g/mol. The Hall–Kier alpha value is -2.28. The Balaban J connectivity index is 0.00000165. The van der Waals surface area contributed by atoms with Gasteiger partial charge < -0.3 is 42.9 Å². The SMILES string of the molecule is CC(=O)O.NCCCCC(NC(=O)C(CC1CNCN1)NC(=O)CN)C(=O)O. The van der Waals surface area contributed by atoms with Gasteiger partial charge in [0, 0.05) is 26.2 Å². The summed E-state index contributed by atoms with van der Waals surface area (Å²) in [5.74, 6) is -2.92. The van der Waals surface area contributed by atoms with Crippen molar-refractivity contribution >= 4 is 23.8 Å². The van der Waals surface area contributed by atoms with Crippen molar-refractivity contribution in [1.82, 2.24) is 21.3 Å². The Morgan fingerprint density at radius 3 is 2.21 bits per heavy atom. The smallest absolute Gasteiger partial charge is 0.326 e. The minimum Gasteiger partial charge on any atom is -0.481 e. The molecule has 0 aromatic heterocycles. The second-order valence-electron chi connectivity index (χ2n) is 6.29. The molecule has 162 valence electrons. The predicted octanol–water partition coefficient (Wildman–Crippen LogP) is -2.87. The number of nitrogens with one attached hydrogen (secondary N) is 4. The highest BCUT2D eigenvalue weighted by molar-refractivity contribution is 5.90. The van der Waals surface area contributed by atoms with Crippen molar-refractivity contribution in [1.29, 1.82) is 0 Å². The van der Waals surface area contributed by atoms with Crippen LogP contribution in [0.3, 0.4) is 0 Å². The molecule has 2 amide bonds. The van der Waals surface area contributed by atoms with Gasteiger partial charge in [0.05, 0.1) is 6.54 Å². The van der Waals surface area contributed by atoms with E-state index >= 15 is 0 Å². The zero-order valence-electron chi connectivity index (χ0n) is 16.1. The number of unbranched alkanes of at least 4 members (excludes halogenated alkanes) is 1. The van der Waals surface area contributed by atoms with Crippen LogP contribution < -0.4 is 32.7 Å². The van der Waals surface area contributed by atoms with Crippen LogP contribution in [0.4, 0.5) is 0 Å². The number of hydrogen-bond acceptors (Lipinski definition) is 8. The molecule has 0 aliphatic carbocycles.